The lowest BCUT2D eigenvalue weighted by Gasteiger charge is -2.11. The van der Waals surface area contributed by atoms with E-state index in [0.717, 1.165) is 54.3 Å². The topological polar surface area (TPSA) is 59.7 Å². The van der Waals surface area contributed by atoms with Crippen molar-refractivity contribution in [1.29, 1.82) is 0 Å². The molecule has 4 nitrogen and oxygen atoms in total. The summed E-state index contributed by atoms with van der Waals surface area (Å²) in [4.78, 5) is 10.8. The first-order valence-electron chi connectivity index (χ1n) is 8.35. The van der Waals surface area contributed by atoms with Gasteiger partial charge in [0, 0.05) is 17.4 Å². The molecule has 0 radical (unpaired) electrons. The Bertz CT molecular complexity index is 923. The van der Waals surface area contributed by atoms with Crippen molar-refractivity contribution in [2.75, 3.05) is 6.61 Å². The molecule has 0 amide bonds. The number of carboxylic acids is 1. The van der Waals surface area contributed by atoms with Crippen molar-refractivity contribution in [3.63, 3.8) is 0 Å². The Morgan fingerprint density at radius 2 is 1.88 bits per heavy atom. The highest BCUT2D eigenvalue weighted by atomic mass is 127. The lowest BCUT2D eigenvalue weighted by molar-refractivity contribution is -0.139. The number of fused-ring (bicyclic) bond motifs is 1. The maximum absolute atomic E-state index is 10.8. The third-order valence-corrected chi connectivity index (χ3v) is 5.66. The number of hydrogen-bond donors (Lipinski definition) is 1. The van der Waals surface area contributed by atoms with Crippen LogP contribution in [-0.4, -0.2) is 17.7 Å². The minimum Gasteiger partial charge on any atom is -0.480 e. The molecule has 3 rings (SSSR count). The summed E-state index contributed by atoms with van der Waals surface area (Å²) in [5, 5.41) is 9.96. The minimum atomic E-state index is -0.983. The Kier molecular flexibility index (Phi) is 6.44. The Balaban J connectivity index is 2.09. The maximum atomic E-state index is 10.8. The van der Waals surface area contributed by atoms with E-state index >= 15 is 0 Å². The first-order valence-corrected chi connectivity index (χ1v) is 10.5. The zero-order chi connectivity index (χ0) is 18.7. The summed E-state index contributed by atoms with van der Waals surface area (Å²) in [6, 6.07) is 12.1. The van der Waals surface area contributed by atoms with Crippen LogP contribution < -0.4 is 4.74 Å². The van der Waals surface area contributed by atoms with Gasteiger partial charge in [-0.2, -0.15) is 0 Å². The van der Waals surface area contributed by atoms with Crippen molar-refractivity contribution < 1.29 is 19.1 Å². The number of carboxylic acid groups (broad SMARTS) is 1. The van der Waals surface area contributed by atoms with Crippen LogP contribution in [-0.2, 0) is 11.2 Å². The van der Waals surface area contributed by atoms with Crippen LogP contribution in [0, 0.1) is 7.14 Å². The second kappa shape index (κ2) is 8.60. The average molecular weight is 576 g/mol. The summed E-state index contributed by atoms with van der Waals surface area (Å²) in [7, 11) is 0. The second-order valence-corrected chi connectivity index (χ2v) is 8.28. The van der Waals surface area contributed by atoms with Gasteiger partial charge in [0.05, 0.1) is 7.14 Å². The van der Waals surface area contributed by atoms with Gasteiger partial charge in [-0.15, -0.1) is 0 Å². The first kappa shape index (κ1) is 19.5. The normalized spacial score (nSPS) is 11.0. The lowest BCUT2D eigenvalue weighted by atomic mass is 9.99. The van der Waals surface area contributed by atoms with E-state index in [1.807, 2.05) is 30.3 Å². The molecule has 0 fully saturated rings. The van der Waals surface area contributed by atoms with Gasteiger partial charge in [-0.1, -0.05) is 31.5 Å². The molecule has 1 heterocycles. The molecule has 0 aliphatic carbocycles. The van der Waals surface area contributed by atoms with Crippen molar-refractivity contribution in [2.45, 2.75) is 26.2 Å². The van der Waals surface area contributed by atoms with Crippen LogP contribution in [0.15, 0.2) is 40.8 Å². The van der Waals surface area contributed by atoms with Crippen LogP contribution in [0.3, 0.4) is 0 Å². The van der Waals surface area contributed by atoms with Crippen molar-refractivity contribution in [2.24, 2.45) is 0 Å². The number of hydrogen-bond acceptors (Lipinski definition) is 3. The molecule has 2 aromatic carbocycles. The van der Waals surface area contributed by atoms with Crippen LogP contribution in [0.4, 0.5) is 0 Å². The standard InChI is InChI=1S/C20H18I2O4/c1-2-3-7-17-19(13-6-4-5-8-16(13)26-17)12-9-14(21)20(15(22)10-12)25-11-18(23)24/h4-6,8-10H,2-3,7,11H2,1H3,(H,23,24). The summed E-state index contributed by atoms with van der Waals surface area (Å²) in [6.07, 6.45) is 3.07. The second-order valence-electron chi connectivity index (χ2n) is 5.95. The van der Waals surface area contributed by atoms with Crippen LogP contribution in [0.1, 0.15) is 25.5 Å². The molecule has 26 heavy (non-hydrogen) atoms. The predicted octanol–water partition coefficient (Wildman–Crippen LogP) is 6.12. The van der Waals surface area contributed by atoms with E-state index in [-0.39, 0.29) is 6.61 Å². The number of ether oxygens (including phenoxy) is 1. The van der Waals surface area contributed by atoms with E-state index in [9.17, 15) is 4.79 Å². The molecule has 0 bridgehead atoms. The Morgan fingerprint density at radius 1 is 1.19 bits per heavy atom. The number of aryl methyl sites for hydroxylation is 1. The maximum Gasteiger partial charge on any atom is 0.341 e. The van der Waals surface area contributed by atoms with Gasteiger partial charge in [-0.3, -0.25) is 0 Å². The van der Waals surface area contributed by atoms with Crippen LogP contribution in [0.5, 0.6) is 5.75 Å². The van der Waals surface area contributed by atoms with Crippen molar-refractivity contribution in [1.82, 2.24) is 0 Å². The predicted molar refractivity (Wildman–Crippen MR) is 119 cm³/mol. The molecule has 0 aliphatic rings. The zero-order valence-corrected chi connectivity index (χ0v) is 18.5. The van der Waals surface area contributed by atoms with Gasteiger partial charge in [0.1, 0.15) is 17.1 Å². The molecule has 6 heteroatoms. The van der Waals surface area contributed by atoms with Crippen LogP contribution in [0.2, 0.25) is 0 Å². The molecule has 0 saturated carbocycles. The molecule has 0 aliphatic heterocycles. The number of carbonyl (C=O) groups is 1. The van der Waals surface area contributed by atoms with E-state index in [1.165, 1.54) is 0 Å². The molecule has 0 saturated heterocycles. The number of unbranched alkanes of at least 4 members (excludes halogenated alkanes) is 1. The fourth-order valence-corrected chi connectivity index (χ4v) is 4.98. The van der Waals surface area contributed by atoms with Crippen molar-refractivity contribution >= 4 is 62.1 Å². The van der Waals surface area contributed by atoms with Gasteiger partial charge in [0.25, 0.3) is 0 Å². The summed E-state index contributed by atoms with van der Waals surface area (Å²) in [5.41, 5.74) is 3.08. The molecule has 0 spiro atoms. The van der Waals surface area contributed by atoms with E-state index in [1.54, 1.807) is 0 Å². The highest BCUT2D eigenvalue weighted by molar-refractivity contribution is 14.1. The highest BCUT2D eigenvalue weighted by Crippen LogP contribution is 2.39. The average Bonchev–Trinajstić information content (AvgIpc) is 2.97. The Labute approximate surface area is 179 Å². The number of halogens is 2. The van der Waals surface area contributed by atoms with E-state index in [2.05, 4.69) is 58.2 Å². The molecule has 3 aromatic rings. The SMILES string of the molecule is CCCCc1oc2ccccc2c1-c1cc(I)c(OCC(=O)O)c(I)c1. The summed E-state index contributed by atoms with van der Waals surface area (Å²) < 4.78 is 13.3. The Morgan fingerprint density at radius 3 is 2.54 bits per heavy atom. The molecule has 1 N–H and O–H groups in total. The molecular formula is C20H18I2O4. The number of aliphatic carboxylic acids is 1. The number of rotatable bonds is 7. The van der Waals surface area contributed by atoms with Gasteiger partial charge in [0.15, 0.2) is 6.61 Å². The van der Waals surface area contributed by atoms with Crippen LogP contribution in [0.25, 0.3) is 22.1 Å². The quantitative estimate of drug-likeness (QED) is 0.345. The fourth-order valence-electron chi connectivity index (χ4n) is 2.90. The molecule has 0 atom stereocenters. The van der Waals surface area contributed by atoms with Gasteiger partial charge in [-0.05, 0) is 75.4 Å². The first-order chi connectivity index (χ1) is 12.5. The zero-order valence-electron chi connectivity index (χ0n) is 14.2. The van der Waals surface area contributed by atoms with Crippen molar-refractivity contribution in [3.8, 4) is 16.9 Å². The number of benzene rings is 2. The Hall–Kier alpha value is -1.29. The van der Waals surface area contributed by atoms with Gasteiger partial charge in [0.2, 0.25) is 0 Å². The summed E-state index contributed by atoms with van der Waals surface area (Å²) in [5.74, 6) is 0.627. The number of para-hydroxylation sites is 1. The summed E-state index contributed by atoms with van der Waals surface area (Å²) in [6.45, 7) is 1.82. The smallest absolute Gasteiger partial charge is 0.341 e. The third kappa shape index (κ3) is 4.16. The van der Waals surface area contributed by atoms with E-state index in [0.29, 0.717) is 5.75 Å². The largest absolute Gasteiger partial charge is 0.480 e. The van der Waals surface area contributed by atoms with Crippen LogP contribution >= 0.6 is 45.2 Å². The monoisotopic (exact) mass is 576 g/mol. The van der Waals surface area contributed by atoms with Gasteiger partial charge in [-0.25, -0.2) is 4.79 Å². The molecule has 136 valence electrons. The molecule has 0 unspecified atom stereocenters. The number of furan rings is 1. The van der Waals surface area contributed by atoms with E-state index < -0.39 is 5.97 Å². The van der Waals surface area contributed by atoms with Gasteiger partial charge < -0.3 is 14.3 Å². The van der Waals surface area contributed by atoms with Gasteiger partial charge >= 0.3 is 5.97 Å². The third-order valence-electron chi connectivity index (χ3n) is 4.05. The lowest BCUT2D eigenvalue weighted by Crippen LogP contribution is -2.11. The van der Waals surface area contributed by atoms with Crippen molar-refractivity contribution in [3.05, 3.63) is 49.3 Å². The summed E-state index contributed by atoms with van der Waals surface area (Å²) >= 11 is 4.39. The van der Waals surface area contributed by atoms with E-state index in [4.69, 9.17) is 14.3 Å². The molecular weight excluding hydrogens is 558 g/mol. The minimum absolute atomic E-state index is 0.345. The fraction of sp³-hybridized carbons (Fsp3) is 0.250. The molecule has 1 aromatic heterocycles. The highest BCUT2D eigenvalue weighted by Gasteiger charge is 2.18.